The molecule has 0 aliphatic carbocycles. The first kappa shape index (κ1) is 26.3. The number of aryl methyl sites for hydroxylation is 1. The molecule has 4 aromatic rings. The Morgan fingerprint density at radius 3 is 2.60 bits per heavy atom. The number of fused-ring (bicyclic) bond motifs is 1. The van der Waals surface area contributed by atoms with E-state index in [9.17, 15) is 14.3 Å². The summed E-state index contributed by atoms with van der Waals surface area (Å²) in [5.74, 6) is -0.373. The molecule has 6 nitrogen and oxygen atoms in total. The molecule has 172 valence electrons. The Hall–Kier alpha value is -3.26. The Bertz CT molecular complexity index is 1390. The van der Waals surface area contributed by atoms with Gasteiger partial charge in [-0.25, -0.2) is 9.37 Å². The molecule has 0 atom stereocenters. The first-order valence-corrected chi connectivity index (χ1v) is 10.5. The molecule has 3 aromatic carbocycles. The number of hydrogen-bond acceptors (Lipinski definition) is 6. The van der Waals surface area contributed by atoms with Crippen molar-refractivity contribution in [3.05, 3.63) is 88.9 Å². The van der Waals surface area contributed by atoms with Crippen molar-refractivity contribution in [2.75, 3.05) is 6.61 Å². The van der Waals surface area contributed by atoms with E-state index in [1.807, 2.05) is 49.4 Å². The predicted molar refractivity (Wildman–Crippen MR) is 127 cm³/mol. The second kappa shape index (κ2) is 11.9. The number of rotatable bonds is 8. The molecule has 0 unspecified atom stereocenters. The van der Waals surface area contributed by atoms with Crippen LogP contribution < -0.4 is 34.3 Å². The van der Waals surface area contributed by atoms with Gasteiger partial charge in [-0.3, -0.25) is 0 Å². The van der Waals surface area contributed by atoms with Crippen molar-refractivity contribution in [1.29, 1.82) is 0 Å². The van der Waals surface area contributed by atoms with Gasteiger partial charge in [0.2, 0.25) is 0 Å². The summed E-state index contributed by atoms with van der Waals surface area (Å²) >= 11 is 0. The Labute approximate surface area is 224 Å². The first-order valence-electron chi connectivity index (χ1n) is 10.5. The van der Waals surface area contributed by atoms with Gasteiger partial charge < -0.3 is 30.8 Å². The fourth-order valence-electron chi connectivity index (χ4n) is 3.85. The molecular formula is C27H21FN2NaO4-. The minimum atomic E-state index is -0.501. The third kappa shape index (κ3) is 6.06. The maximum atomic E-state index is 14.9. The van der Waals surface area contributed by atoms with E-state index in [2.05, 4.69) is 21.2 Å². The van der Waals surface area contributed by atoms with Crippen molar-refractivity contribution in [1.82, 2.24) is 4.98 Å². The number of carbonyl (C=O) groups excluding carboxylic acids is 1. The molecule has 0 bridgehead atoms. The van der Waals surface area contributed by atoms with Gasteiger partial charge in [-0.05, 0) is 78.7 Å². The zero-order chi connectivity index (χ0) is 24.1. The van der Waals surface area contributed by atoms with E-state index in [1.54, 1.807) is 25.1 Å². The molecule has 0 aliphatic rings. The van der Waals surface area contributed by atoms with Gasteiger partial charge in [0, 0.05) is 17.7 Å². The average molecular weight is 479 g/mol. The zero-order valence-electron chi connectivity index (χ0n) is 19.6. The molecule has 0 saturated heterocycles. The summed E-state index contributed by atoms with van der Waals surface area (Å²) in [6.45, 7) is 4.47. The smallest absolute Gasteiger partial charge is 0.557 e. The molecule has 1 N–H and O–H groups in total. The Kier molecular flexibility index (Phi) is 8.98. The van der Waals surface area contributed by atoms with E-state index in [-0.39, 0.29) is 47.7 Å². The summed E-state index contributed by atoms with van der Waals surface area (Å²) in [5.41, 5.74) is 4.02. The van der Waals surface area contributed by atoms with Gasteiger partial charge >= 0.3 is 29.6 Å². The van der Waals surface area contributed by atoms with Crippen molar-refractivity contribution in [2.45, 2.75) is 20.3 Å². The number of nitrogens with zero attached hydrogens (tertiary/aromatic N) is 2. The van der Waals surface area contributed by atoms with Crippen LogP contribution in [0.15, 0.2) is 65.8 Å². The van der Waals surface area contributed by atoms with Gasteiger partial charge in [0.05, 0.1) is 0 Å². The molecule has 0 radical (unpaired) electrons. The number of benzene rings is 3. The fourth-order valence-corrected chi connectivity index (χ4v) is 3.85. The molecule has 0 fully saturated rings. The number of aromatic hydroxyl groups is 1. The van der Waals surface area contributed by atoms with Crippen LogP contribution >= 0.6 is 0 Å². The normalized spacial score (nSPS) is 10.8. The number of aromatic nitrogens is 1. The SMILES string of the molecule is Cc1cc(OC[C-]=NO[C-]=O)c(F)c(C)c1Cc1ccc(O)c(-c2ccc3ccccc3c2)n1.[Na+]. The quantitative estimate of drug-likeness (QED) is 0.138. The first-order chi connectivity index (χ1) is 16.5. The summed E-state index contributed by atoms with van der Waals surface area (Å²) in [6.07, 6.45) is 2.69. The molecule has 1 aromatic heterocycles. The second-order valence-electron chi connectivity index (χ2n) is 7.73. The summed E-state index contributed by atoms with van der Waals surface area (Å²) in [7, 11) is 0. The molecule has 4 rings (SSSR count). The molecule has 8 heteroatoms. The van der Waals surface area contributed by atoms with Gasteiger partial charge in [0.1, 0.15) is 11.4 Å². The minimum absolute atomic E-state index is 0. The minimum Gasteiger partial charge on any atom is -0.557 e. The van der Waals surface area contributed by atoms with Crippen LogP contribution in [0.2, 0.25) is 0 Å². The van der Waals surface area contributed by atoms with Gasteiger partial charge in [0.25, 0.3) is 0 Å². The zero-order valence-corrected chi connectivity index (χ0v) is 21.6. The van der Waals surface area contributed by atoms with Crippen LogP contribution in [0.3, 0.4) is 0 Å². The van der Waals surface area contributed by atoms with Crippen molar-refractivity contribution >= 4 is 23.5 Å². The van der Waals surface area contributed by atoms with E-state index < -0.39 is 5.82 Å². The van der Waals surface area contributed by atoms with Crippen LogP contribution in [0.25, 0.3) is 22.0 Å². The van der Waals surface area contributed by atoms with Crippen LogP contribution in [0.4, 0.5) is 4.39 Å². The largest absolute Gasteiger partial charge is 1.00 e. The summed E-state index contributed by atoms with van der Waals surface area (Å²) < 4.78 is 20.3. The van der Waals surface area contributed by atoms with Crippen LogP contribution in [-0.4, -0.2) is 29.4 Å². The molecule has 35 heavy (non-hydrogen) atoms. The second-order valence-corrected chi connectivity index (χ2v) is 7.73. The van der Waals surface area contributed by atoms with Crippen LogP contribution in [0.1, 0.15) is 22.4 Å². The summed E-state index contributed by atoms with van der Waals surface area (Å²) in [4.78, 5) is 18.6. The van der Waals surface area contributed by atoms with Crippen molar-refractivity contribution in [3.8, 4) is 22.8 Å². The van der Waals surface area contributed by atoms with Crippen LogP contribution in [0, 0.1) is 19.7 Å². The van der Waals surface area contributed by atoms with E-state index in [4.69, 9.17) is 4.74 Å². The maximum Gasteiger partial charge on any atom is 1.00 e. The Morgan fingerprint density at radius 2 is 1.83 bits per heavy atom. The van der Waals surface area contributed by atoms with Crippen molar-refractivity contribution in [2.24, 2.45) is 5.16 Å². The van der Waals surface area contributed by atoms with Crippen LogP contribution in [0.5, 0.6) is 11.5 Å². The third-order valence-corrected chi connectivity index (χ3v) is 5.57. The van der Waals surface area contributed by atoms with Crippen molar-refractivity contribution in [3.63, 3.8) is 0 Å². The van der Waals surface area contributed by atoms with Crippen LogP contribution in [-0.2, 0) is 16.1 Å². The van der Waals surface area contributed by atoms with E-state index in [0.717, 1.165) is 33.9 Å². The van der Waals surface area contributed by atoms with Gasteiger partial charge in [-0.2, -0.15) is 0 Å². The Morgan fingerprint density at radius 1 is 1.06 bits per heavy atom. The number of hydrogen-bond donors (Lipinski definition) is 1. The van der Waals surface area contributed by atoms with E-state index in [1.165, 1.54) is 0 Å². The maximum absolute atomic E-state index is 14.9. The summed E-state index contributed by atoms with van der Waals surface area (Å²) in [5, 5.41) is 15.8. The number of halogens is 1. The number of pyridine rings is 1. The predicted octanol–water partition coefficient (Wildman–Crippen LogP) is 2.28. The van der Waals surface area contributed by atoms with E-state index >= 15 is 0 Å². The average Bonchev–Trinajstić information content (AvgIpc) is 2.85. The third-order valence-electron chi connectivity index (χ3n) is 5.57. The topological polar surface area (TPSA) is 81.0 Å². The monoisotopic (exact) mass is 479 g/mol. The van der Waals surface area contributed by atoms with Gasteiger partial charge in [-0.15, -0.1) is 0 Å². The molecular weight excluding hydrogens is 458 g/mol. The molecule has 1 heterocycles. The molecule has 0 saturated carbocycles. The standard InChI is InChI=1S/C27H21FN2O4.Na/c1-17-13-25(33-12-11-29-34-16-31)26(28)18(2)23(17)15-22-9-10-24(32)27(30-22)21-8-7-19-5-3-4-6-20(19)14-21;/h3-10,13-14,32H,12,15H2,1-2H3;/q-2;+1. The number of ether oxygens (including phenoxy) is 1. The van der Waals surface area contributed by atoms with E-state index in [0.29, 0.717) is 23.4 Å². The van der Waals surface area contributed by atoms with Crippen molar-refractivity contribution < 1.29 is 53.4 Å². The molecule has 0 spiro atoms. The molecule has 0 amide bonds. The van der Waals surface area contributed by atoms with Gasteiger partial charge in [0.15, 0.2) is 11.6 Å². The van der Waals surface area contributed by atoms with Gasteiger partial charge in [-0.1, -0.05) is 36.4 Å². The molecule has 0 aliphatic heterocycles. The fraction of sp³-hybridized carbons (Fsp3) is 0.148. The Balaban J connectivity index is 0.00000342. The summed E-state index contributed by atoms with van der Waals surface area (Å²) in [6, 6.07) is 18.8.